The number of benzene rings is 1. The van der Waals surface area contributed by atoms with Crippen molar-refractivity contribution in [3.63, 3.8) is 0 Å². The fraction of sp³-hybridized carbons (Fsp3) is 0.694. The van der Waals surface area contributed by atoms with Crippen LogP contribution in [0.1, 0.15) is 115 Å². The molecule has 276 valence electrons. The molecule has 49 heavy (non-hydrogen) atoms. The van der Waals surface area contributed by atoms with E-state index in [4.69, 9.17) is 24.5 Å². The van der Waals surface area contributed by atoms with E-state index in [9.17, 15) is 14.3 Å². The van der Waals surface area contributed by atoms with Crippen LogP contribution >= 0.6 is 7.60 Å². The zero-order chi connectivity index (χ0) is 35.0. The molecular formula is C36H60N5O7P. The molecule has 13 heteroatoms. The number of fused-ring (bicyclic) bond motifs is 1. The van der Waals surface area contributed by atoms with Crippen LogP contribution < -0.4 is 11.3 Å². The molecule has 12 nitrogen and oxygen atoms in total. The Labute approximate surface area is 292 Å². The summed E-state index contributed by atoms with van der Waals surface area (Å²) in [5.41, 5.74) is 6.66. The molecule has 0 amide bonds. The summed E-state index contributed by atoms with van der Waals surface area (Å²) in [6, 6.07) is 9.74. The van der Waals surface area contributed by atoms with Crippen molar-refractivity contribution >= 4 is 24.7 Å². The number of hydrogen-bond donors (Lipinski definition) is 3. The minimum atomic E-state index is -4.06. The summed E-state index contributed by atoms with van der Waals surface area (Å²) in [4.78, 5) is 32.9. The summed E-state index contributed by atoms with van der Waals surface area (Å²) in [5.74, 6) is -0.0218. The third-order valence-electron chi connectivity index (χ3n) is 8.46. The van der Waals surface area contributed by atoms with Crippen molar-refractivity contribution in [3.8, 4) is 0 Å². The maximum Gasteiger partial charge on any atom is 0.353 e. The molecule has 0 bridgehead atoms. The van der Waals surface area contributed by atoms with Gasteiger partial charge in [-0.2, -0.15) is 4.98 Å². The number of aromatic amines is 1. The number of aromatic nitrogens is 4. The molecule has 0 aliphatic heterocycles. The Kier molecular flexibility index (Phi) is 20.4. The van der Waals surface area contributed by atoms with E-state index in [0.29, 0.717) is 18.9 Å². The van der Waals surface area contributed by atoms with Gasteiger partial charge >= 0.3 is 7.60 Å². The standard InChI is InChI=1S/C36H60N5O7P/c1-2-3-4-5-6-7-8-9-10-11-12-13-14-15-16-20-24-45-27-32(47-26-31-21-18-17-19-22-31)28-48-49(43,44)30-46-25-23-41-29-38-33-34(41)39-36(37)40-35(33)42/h17-19,21-22,29,32H,2-16,20,23-28,30H2,1H3,(H,43,44)(H3,37,39,40,42). The van der Waals surface area contributed by atoms with E-state index in [1.807, 2.05) is 30.3 Å². The monoisotopic (exact) mass is 705 g/mol. The van der Waals surface area contributed by atoms with Gasteiger partial charge in [0.05, 0.1) is 32.8 Å². The summed E-state index contributed by atoms with van der Waals surface area (Å²) >= 11 is 0. The highest BCUT2D eigenvalue weighted by molar-refractivity contribution is 7.52. The van der Waals surface area contributed by atoms with Crippen molar-refractivity contribution < 1.29 is 28.2 Å². The maximum atomic E-state index is 12.7. The molecule has 0 aliphatic carbocycles. The lowest BCUT2D eigenvalue weighted by Crippen LogP contribution is -2.26. The Balaban J connectivity index is 1.26. The average molecular weight is 706 g/mol. The van der Waals surface area contributed by atoms with E-state index >= 15 is 0 Å². The highest BCUT2D eigenvalue weighted by atomic mass is 31.2. The smallest absolute Gasteiger partial charge is 0.353 e. The third-order valence-corrected chi connectivity index (χ3v) is 9.52. The lowest BCUT2D eigenvalue weighted by molar-refractivity contribution is -0.0477. The number of nitrogens with zero attached hydrogens (tertiary/aromatic N) is 3. The first-order chi connectivity index (χ1) is 23.9. The Morgan fingerprint density at radius 3 is 2.10 bits per heavy atom. The van der Waals surface area contributed by atoms with Gasteiger partial charge in [-0.1, -0.05) is 134 Å². The minimum absolute atomic E-state index is 0.0218. The van der Waals surface area contributed by atoms with E-state index in [1.165, 1.54) is 96.2 Å². The summed E-state index contributed by atoms with van der Waals surface area (Å²) in [6.45, 7) is 3.69. The molecule has 0 aliphatic rings. The summed E-state index contributed by atoms with van der Waals surface area (Å²) in [6.07, 6.45) is 21.5. The molecule has 4 N–H and O–H groups in total. The molecule has 0 saturated heterocycles. The fourth-order valence-corrected chi connectivity index (χ4v) is 6.45. The van der Waals surface area contributed by atoms with Crippen molar-refractivity contribution in [2.75, 3.05) is 38.5 Å². The van der Waals surface area contributed by atoms with Crippen LogP contribution in [0.4, 0.5) is 5.95 Å². The van der Waals surface area contributed by atoms with Crippen molar-refractivity contribution in [2.24, 2.45) is 0 Å². The Morgan fingerprint density at radius 2 is 1.47 bits per heavy atom. The number of ether oxygens (including phenoxy) is 3. The first kappa shape index (κ1) is 40.8. The minimum Gasteiger partial charge on any atom is -0.379 e. The highest BCUT2D eigenvalue weighted by Crippen LogP contribution is 2.42. The van der Waals surface area contributed by atoms with Gasteiger partial charge in [0.1, 0.15) is 12.5 Å². The lowest BCUT2D eigenvalue weighted by atomic mass is 10.0. The molecular weight excluding hydrogens is 645 g/mol. The second-order valence-corrected chi connectivity index (χ2v) is 14.6. The van der Waals surface area contributed by atoms with Crippen LogP contribution in [0.25, 0.3) is 11.2 Å². The zero-order valence-electron chi connectivity index (χ0n) is 29.6. The lowest BCUT2D eigenvalue weighted by Gasteiger charge is -2.20. The molecule has 0 fully saturated rings. The highest BCUT2D eigenvalue weighted by Gasteiger charge is 2.23. The number of nitrogen functional groups attached to an aromatic ring is 1. The van der Waals surface area contributed by atoms with Crippen molar-refractivity contribution in [1.82, 2.24) is 19.5 Å². The largest absolute Gasteiger partial charge is 0.379 e. The Bertz CT molecular complexity index is 1390. The molecule has 2 atom stereocenters. The average Bonchev–Trinajstić information content (AvgIpc) is 3.50. The third kappa shape index (κ3) is 17.8. The fourth-order valence-electron chi connectivity index (χ4n) is 5.61. The number of rotatable bonds is 30. The number of imidazole rings is 1. The Hall–Kier alpha value is -2.60. The van der Waals surface area contributed by atoms with Crippen LogP contribution in [0, 0.1) is 0 Å². The molecule has 3 aromatic rings. The Morgan fingerprint density at radius 1 is 0.857 bits per heavy atom. The summed E-state index contributed by atoms with van der Waals surface area (Å²) in [5, 5.41) is 0. The van der Waals surface area contributed by atoms with Crippen LogP contribution in [0.2, 0.25) is 0 Å². The predicted molar refractivity (Wildman–Crippen MR) is 195 cm³/mol. The molecule has 0 saturated carbocycles. The van der Waals surface area contributed by atoms with Crippen LogP contribution in [0.5, 0.6) is 0 Å². The first-order valence-electron chi connectivity index (χ1n) is 18.4. The number of hydrogen-bond acceptors (Lipinski definition) is 9. The number of unbranched alkanes of at least 4 members (excludes halogenated alkanes) is 15. The topological polar surface area (TPSA) is 164 Å². The van der Waals surface area contributed by atoms with Crippen molar-refractivity contribution in [1.29, 1.82) is 0 Å². The number of H-pyrrole nitrogens is 1. The number of nitrogens with one attached hydrogen (secondary N) is 1. The van der Waals surface area contributed by atoms with Gasteiger partial charge < -0.3 is 33.9 Å². The van der Waals surface area contributed by atoms with E-state index in [2.05, 4.69) is 21.9 Å². The van der Waals surface area contributed by atoms with Gasteiger partial charge in [0.15, 0.2) is 11.2 Å². The van der Waals surface area contributed by atoms with E-state index < -0.39 is 25.6 Å². The summed E-state index contributed by atoms with van der Waals surface area (Å²) in [7, 11) is -4.06. The van der Waals surface area contributed by atoms with Crippen LogP contribution in [-0.2, 0) is 36.5 Å². The first-order valence-corrected chi connectivity index (χ1v) is 20.1. The summed E-state index contributed by atoms with van der Waals surface area (Å²) < 4.78 is 37.1. The quantitative estimate of drug-likeness (QED) is 0.0462. The number of anilines is 1. The SMILES string of the molecule is CCCCCCCCCCCCCCCCCCOCC(COP(=O)(O)COCCn1cnc2c(=O)[nH]c(N)nc21)OCc1ccccc1. The second kappa shape index (κ2) is 24.5. The molecule has 0 radical (unpaired) electrons. The van der Waals surface area contributed by atoms with Gasteiger partial charge in [0, 0.05) is 13.2 Å². The molecule has 2 heterocycles. The molecule has 3 rings (SSSR count). The van der Waals surface area contributed by atoms with Crippen LogP contribution in [0.15, 0.2) is 41.5 Å². The van der Waals surface area contributed by atoms with Gasteiger partial charge in [0.25, 0.3) is 5.56 Å². The zero-order valence-corrected chi connectivity index (χ0v) is 30.5. The van der Waals surface area contributed by atoms with Gasteiger partial charge in [-0.3, -0.25) is 14.3 Å². The van der Waals surface area contributed by atoms with E-state index in [-0.39, 0.29) is 37.8 Å². The van der Waals surface area contributed by atoms with Crippen LogP contribution in [0.3, 0.4) is 0 Å². The molecule has 2 aromatic heterocycles. The molecule has 2 unspecified atom stereocenters. The normalized spacial score (nSPS) is 13.6. The van der Waals surface area contributed by atoms with Gasteiger partial charge in [-0.15, -0.1) is 0 Å². The van der Waals surface area contributed by atoms with Crippen molar-refractivity contribution in [3.05, 3.63) is 52.6 Å². The van der Waals surface area contributed by atoms with Crippen LogP contribution in [-0.4, -0.2) is 63.3 Å². The second-order valence-electron chi connectivity index (χ2n) is 12.8. The van der Waals surface area contributed by atoms with Gasteiger partial charge in [-0.05, 0) is 12.0 Å². The maximum absolute atomic E-state index is 12.7. The van der Waals surface area contributed by atoms with Crippen molar-refractivity contribution in [2.45, 2.75) is 129 Å². The van der Waals surface area contributed by atoms with Gasteiger partial charge in [-0.25, -0.2) is 4.98 Å². The molecule has 1 aromatic carbocycles. The van der Waals surface area contributed by atoms with E-state index in [0.717, 1.165) is 18.4 Å². The number of nitrogens with two attached hydrogens (primary N) is 1. The van der Waals surface area contributed by atoms with E-state index in [1.54, 1.807) is 4.57 Å². The van der Waals surface area contributed by atoms with Gasteiger partial charge in [0.2, 0.25) is 5.95 Å². The molecule has 0 spiro atoms. The predicted octanol–water partition coefficient (Wildman–Crippen LogP) is 7.74.